The van der Waals surface area contributed by atoms with Crippen molar-refractivity contribution in [3.8, 4) is 11.5 Å². The van der Waals surface area contributed by atoms with Crippen LogP contribution in [-0.2, 0) is 13.1 Å². The van der Waals surface area contributed by atoms with Gasteiger partial charge in [0.25, 0.3) is 0 Å². The zero-order valence-corrected chi connectivity index (χ0v) is 12.6. The molecule has 0 amide bonds. The number of hydrogen-bond acceptors (Lipinski definition) is 5. The lowest BCUT2D eigenvalue weighted by Gasteiger charge is -2.04. The summed E-state index contributed by atoms with van der Waals surface area (Å²) in [6, 6.07) is 3.79. The van der Waals surface area contributed by atoms with Crippen molar-refractivity contribution in [3.63, 3.8) is 0 Å². The summed E-state index contributed by atoms with van der Waals surface area (Å²) in [4.78, 5) is 0. The fourth-order valence-electron chi connectivity index (χ4n) is 2.19. The molecule has 7 heteroatoms. The van der Waals surface area contributed by atoms with E-state index in [1.165, 1.54) is 0 Å². The number of nitrogens with one attached hydrogen (secondary N) is 1. The first-order chi connectivity index (χ1) is 10.3. The number of rotatable bonds is 6. The Labute approximate surface area is 128 Å². The van der Waals surface area contributed by atoms with Crippen LogP contribution in [0.2, 0.25) is 5.02 Å². The predicted octanol–water partition coefficient (Wildman–Crippen LogP) is 2.21. The lowest BCUT2D eigenvalue weighted by molar-refractivity contribution is 0.174. The Kier molecular flexibility index (Phi) is 4.26. The third-order valence-corrected chi connectivity index (χ3v) is 3.43. The molecule has 2 aromatic rings. The highest BCUT2D eigenvalue weighted by Crippen LogP contribution is 2.39. The standard InChI is InChI=1S/C14H17ClN4O2/c1-2-3-16-6-11-8-19(18-17-11)7-10-4-12(15)14-13(5-10)20-9-21-14/h4-5,8,16H,2-3,6-7,9H2,1H3. The second-order valence-corrected chi connectivity index (χ2v) is 5.30. The molecule has 0 radical (unpaired) electrons. The van der Waals surface area contributed by atoms with E-state index >= 15 is 0 Å². The fourth-order valence-corrected chi connectivity index (χ4v) is 2.48. The van der Waals surface area contributed by atoms with E-state index in [1.807, 2.05) is 18.3 Å². The van der Waals surface area contributed by atoms with Gasteiger partial charge in [0.15, 0.2) is 11.5 Å². The molecule has 1 aliphatic heterocycles. The van der Waals surface area contributed by atoms with Crippen molar-refractivity contribution in [2.24, 2.45) is 0 Å². The van der Waals surface area contributed by atoms with Gasteiger partial charge in [-0.2, -0.15) is 0 Å². The number of hydrogen-bond donors (Lipinski definition) is 1. The monoisotopic (exact) mass is 308 g/mol. The molecule has 0 bridgehead atoms. The maximum Gasteiger partial charge on any atom is 0.231 e. The smallest absolute Gasteiger partial charge is 0.231 e. The van der Waals surface area contributed by atoms with E-state index in [9.17, 15) is 0 Å². The summed E-state index contributed by atoms with van der Waals surface area (Å²) in [6.07, 6.45) is 3.03. The van der Waals surface area contributed by atoms with E-state index in [0.717, 1.165) is 30.8 Å². The number of halogens is 1. The molecule has 0 unspecified atom stereocenters. The first-order valence-corrected chi connectivity index (χ1v) is 7.32. The number of benzene rings is 1. The van der Waals surface area contributed by atoms with E-state index in [-0.39, 0.29) is 6.79 Å². The molecule has 0 aliphatic carbocycles. The Morgan fingerprint density at radius 1 is 1.38 bits per heavy atom. The predicted molar refractivity (Wildman–Crippen MR) is 78.7 cm³/mol. The molecule has 21 heavy (non-hydrogen) atoms. The lowest BCUT2D eigenvalue weighted by atomic mass is 10.2. The van der Waals surface area contributed by atoms with Crippen molar-refractivity contribution in [2.45, 2.75) is 26.4 Å². The second kappa shape index (κ2) is 6.32. The topological polar surface area (TPSA) is 61.2 Å². The average Bonchev–Trinajstić information content (AvgIpc) is 3.09. The summed E-state index contributed by atoms with van der Waals surface area (Å²) in [7, 11) is 0. The highest BCUT2D eigenvalue weighted by atomic mass is 35.5. The van der Waals surface area contributed by atoms with Crippen molar-refractivity contribution < 1.29 is 9.47 Å². The van der Waals surface area contributed by atoms with Gasteiger partial charge < -0.3 is 14.8 Å². The van der Waals surface area contributed by atoms with E-state index in [1.54, 1.807) is 4.68 Å². The quantitative estimate of drug-likeness (QED) is 0.829. The van der Waals surface area contributed by atoms with Crippen LogP contribution < -0.4 is 14.8 Å². The van der Waals surface area contributed by atoms with Crippen LogP contribution in [-0.4, -0.2) is 28.3 Å². The van der Waals surface area contributed by atoms with Crippen LogP contribution in [0.5, 0.6) is 11.5 Å². The van der Waals surface area contributed by atoms with E-state index < -0.39 is 0 Å². The number of aromatic nitrogens is 3. The third kappa shape index (κ3) is 3.28. The summed E-state index contributed by atoms with van der Waals surface area (Å²) in [6.45, 7) is 4.65. The molecule has 0 spiro atoms. The van der Waals surface area contributed by atoms with Crippen LogP contribution >= 0.6 is 11.6 Å². The van der Waals surface area contributed by atoms with Crippen LogP contribution in [0.15, 0.2) is 18.3 Å². The van der Waals surface area contributed by atoms with Gasteiger partial charge in [-0.1, -0.05) is 23.7 Å². The van der Waals surface area contributed by atoms with Crippen LogP contribution in [0, 0.1) is 0 Å². The molecule has 0 fully saturated rings. The number of nitrogens with zero attached hydrogens (tertiary/aromatic N) is 3. The lowest BCUT2D eigenvalue weighted by Crippen LogP contribution is -2.13. The second-order valence-electron chi connectivity index (χ2n) is 4.90. The molecule has 6 nitrogen and oxygen atoms in total. The third-order valence-electron chi connectivity index (χ3n) is 3.15. The Balaban J connectivity index is 1.68. The largest absolute Gasteiger partial charge is 0.454 e. The SMILES string of the molecule is CCCNCc1cn(Cc2cc(Cl)c3c(c2)OCO3)nn1. The van der Waals surface area contributed by atoms with Gasteiger partial charge >= 0.3 is 0 Å². The highest BCUT2D eigenvalue weighted by Gasteiger charge is 2.18. The van der Waals surface area contributed by atoms with Crippen LogP contribution in [0.3, 0.4) is 0 Å². The van der Waals surface area contributed by atoms with Gasteiger partial charge in [0.2, 0.25) is 6.79 Å². The maximum absolute atomic E-state index is 6.17. The van der Waals surface area contributed by atoms with Gasteiger partial charge in [-0.05, 0) is 30.7 Å². The molecule has 112 valence electrons. The Bertz CT molecular complexity index is 629. The summed E-state index contributed by atoms with van der Waals surface area (Å²) in [5.41, 5.74) is 1.93. The van der Waals surface area contributed by atoms with Crippen LogP contribution in [0.4, 0.5) is 0 Å². The van der Waals surface area contributed by atoms with Gasteiger partial charge in [-0.3, -0.25) is 0 Å². The minimum atomic E-state index is 0.217. The molecule has 0 saturated carbocycles. The van der Waals surface area contributed by atoms with Gasteiger partial charge in [0, 0.05) is 6.54 Å². The summed E-state index contributed by atoms with van der Waals surface area (Å²) < 4.78 is 12.5. The van der Waals surface area contributed by atoms with Gasteiger partial charge in [-0.25, -0.2) is 4.68 Å². The van der Waals surface area contributed by atoms with Gasteiger partial charge in [0.05, 0.1) is 23.5 Å². The highest BCUT2D eigenvalue weighted by molar-refractivity contribution is 6.32. The van der Waals surface area contributed by atoms with Crippen molar-refractivity contribution in [1.82, 2.24) is 20.3 Å². The van der Waals surface area contributed by atoms with E-state index in [2.05, 4.69) is 22.6 Å². The first kappa shape index (κ1) is 14.2. The van der Waals surface area contributed by atoms with Crippen molar-refractivity contribution in [3.05, 3.63) is 34.6 Å². The normalized spacial score (nSPS) is 12.9. The Morgan fingerprint density at radius 3 is 3.14 bits per heavy atom. The average molecular weight is 309 g/mol. The zero-order valence-electron chi connectivity index (χ0n) is 11.8. The molecule has 1 aliphatic rings. The van der Waals surface area contributed by atoms with E-state index in [0.29, 0.717) is 23.1 Å². The summed E-state index contributed by atoms with van der Waals surface area (Å²) in [5.74, 6) is 1.30. The summed E-state index contributed by atoms with van der Waals surface area (Å²) in [5, 5.41) is 12.1. The molecule has 1 aromatic carbocycles. The zero-order chi connectivity index (χ0) is 14.7. The van der Waals surface area contributed by atoms with E-state index in [4.69, 9.17) is 21.1 Å². The Hall–Kier alpha value is -1.79. The summed E-state index contributed by atoms with van der Waals surface area (Å²) >= 11 is 6.17. The van der Waals surface area contributed by atoms with Crippen LogP contribution in [0.1, 0.15) is 24.6 Å². The molecule has 3 rings (SSSR count). The minimum absolute atomic E-state index is 0.217. The first-order valence-electron chi connectivity index (χ1n) is 6.94. The van der Waals surface area contributed by atoms with Crippen molar-refractivity contribution in [1.29, 1.82) is 0 Å². The molecule has 2 heterocycles. The van der Waals surface area contributed by atoms with Crippen LogP contribution in [0.25, 0.3) is 0 Å². The molecule has 1 aromatic heterocycles. The van der Waals surface area contributed by atoms with Gasteiger partial charge in [-0.15, -0.1) is 5.10 Å². The minimum Gasteiger partial charge on any atom is -0.454 e. The molecule has 0 saturated heterocycles. The van der Waals surface area contributed by atoms with Crippen molar-refractivity contribution in [2.75, 3.05) is 13.3 Å². The van der Waals surface area contributed by atoms with Crippen molar-refractivity contribution >= 4 is 11.6 Å². The number of ether oxygens (including phenoxy) is 2. The van der Waals surface area contributed by atoms with Gasteiger partial charge in [0.1, 0.15) is 0 Å². The molecular formula is C14H17ClN4O2. The fraction of sp³-hybridized carbons (Fsp3) is 0.429. The Morgan fingerprint density at radius 2 is 2.29 bits per heavy atom. The molecule has 0 atom stereocenters. The molecule has 1 N–H and O–H groups in total. The number of fused-ring (bicyclic) bond motifs is 1. The molecular weight excluding hydrogens is 292 g/mol. The maximum atomic E-state index is 6.17.